The summed E-state index contributed by atoms with van der Waals surface area (Å²) in [6, 6.07) is 0. The molecule has 0 radical (unpaired) electrons. The maximum Gasteiger partial charge on any atom is 0.306 e. The Labute approximate surface area is 331 Å². The van der Waals surface area contributed by atoms with E-state index < -0.39 is 43.4 Å². The van der Waals surface area contributed by atoms with Gasteiger partial charge in [-0.3, -0.25) is 4.79 Å². The molecule has 0 aromatic carbocycles. The lowest BCUT2D eigenvalue weighted by atomic mass is 9.99. The number of unbranched alkanes of at least 4 members (excludes halogenated alkanes) is 26. The van der Waals surface area contributed by atoms with Crippen LogP contribution in [0.3, 0.4) is 0 Å². The van der Waals surface area contributed by atoms with Crippen molar-refractivity contribution in [3.63, 3.8) is 0 Å². The van der Waals surface area contributed by atoms with E-state index in [1.807, 2.05) is 0 Å². The van der Waals surface area contributed by atoms with E-state index in [9.17, 15) is 25.2 Å². The van der Waals surface area contributed by atoms with E-state index in [0.29, 0.717) is 13.0 Å². The molecular formula is C45H86O9. The molecular weight excluding hydrogens is 684 g/mol. The standard InChI is InChI=1S/C45H86O9/c1-3-5-7-9-11-13-15-17-19-20-21-23-25-27-29-31-33-35-51-37-39(38-52-45-44(50)43(49)42(48)40(36-46)54-45)53-41(47)34-32-30-28-26-24-22-18-16-14-12-10-8-6-4-2/h16,18,39-40,42-46,48-50H,3-15,17,19-38H2,1-2H3/b18-16-. The smallest absolute Gasteiger partial charge is 0.306 e. The number of aliphatic hydroxyl groups excluding tert-OH is 4. The Hall–Kier alpha value is -1.07. The van der Waals surface area contributed by atoms with Gasteiger partial charge in [-0.1, -0.05) is 174 Å². The van der Waals surface area contributed by atoms with E-state index in [1.165, 1.54) is 141 Å². The maximum atomic E-state index is 12.8. The number of hydrogen-bond acceptors (Lipinski definition) is 9. The van der Waals surface area contributed by atoms with Gasteiger partial charge in [0.05, 0.1) is 19.8 Å². The zero-order chi connectivity index (χ0) is 39.3. The minimum atomic E-state index is -1.53. The van der Waals surface area contributed by atoms with Crippen LogP contribution >= 0.6 is 0 Å². The van der Waals surface area contributed by atoms with Gasteiger partial charge in [0.1, 0.15) is 30.5 Å². The Bertz CT molecular complexity index is 838. The fourth-order valence-electron chi connectivity index (χ4n) is 7.08. The van der Waals surface area contributed by atoms with Crippen molar-refractivity contribution in [1.82, 2.24) is 0 Å². The van der Waals surface area contributed by atoms with Crippen LogP contribution in [0.25, 0.3) is 0 Å². The molecule has 320 valence electrons. The fourth-order valence-corrected chi connectivity index (χ4v) is 7.08. The number of rotatable bonds is 39. The molecule has 9 nitrogen and oxygen atoms in total. The molecule has 54 heavy (non-hydrogen) atoms. The van der Waals surface area contributed by atoms with Crippen LogP contribution in [0.2, 0.25) is 0 Å². The zero-order valence-electron chi connectivity index (χ0n) is 35.0. The van der Waals surface area contributed by atoms with E-state index in [-0.39, 0.29) is 19.2 Å². The number of carbonyl (C=O) groups excluding carboxylic acids is 1. The van der Waals surface area contributed by atoms with Crippen LogP contribution in [0.4, 0.5) is 0 Å². The minimum absolute atomic E-state index is 0.111. The molecule has 0 aromatic rings. The van der Waals surface area contributed by atoms with Gasteiger partial charge in [-0.15, -0.1) is 0 Å². The van der Waals surface area contributed by atoms with Gasteiger partial charge in [0.25, 0.3) is 0 Å². The third-order valence-electron chi connectivity index (χ3n) is 10.7. The Kier molecular flexibility index (Phi) is 35.4. The van der Waals surface area contributed by atoms with Gasteiger partial charge in [0, 0.05) is 13.0 Å². The minimum Gasteiger partial charge on any atom is -0.457 e. The second kappa shape index (κ2) is 37.5. The van der Waals surface area contributed by atoms with Crippen LogP contribution in [-0.4, -0.2) is 89.6 Å². The quantitative estimate of drug-likeness (QED) is 0.0274. The third-order valence-corrected chi connectivity index (χ3v) is 10.7. The molecule has 1 aliphatic heterocycles. The first-order valence-corrected chi connectivity index (χ1v) is 22.8. The second-order valence-corrected chi connectivity index (χ2v) is 15.9. The Morgan fingerprint density at radius 1 is 0.574 bits per heavy atom. The predicted molar refractivity (Wildman–Crippen MR) is 219 cm³/mol. The number of aliphatic hydroxyl groups is 4. The summed E-state index contributed by atoms with van der Waals surface area (Å²) < 4.78 is 22.8. The van der Waals surface area contributed by atoms with Crippen LogP contribution in [0.15, 0.2) is 12.2 Å². The topological polar surface area (TPSA) is 135 Å². The lowest BCUT2D eigenvalue weighted by molar-refractivity contribution is -0.305. The number of ether oxygens (including phenoxy) is 4. The molecule has 6 unspecified atom stereocenters. The van der Waals surface area contributed by atoms with Crippen molar-refractivity contribution in [3.05, 3.63) is 12.2 Å². The first kappa shape index (κ1) is 50.9. The van der Waals surface area contributed by atoms with Crippen LogP contribution in [-0.2, 0) is 23.7 Å². The van der Waals surface area contributed by atoms with Crippen molar-refractivity contribution in [3.8, 4) is 0 Å². The van der Waals surface area contributed by atoms with Gasteiger partial charge < -0.3 is 39.4 Å². The molecule has 0 spiro atoms. The van der Waals surface area contributed by atoms with Crippen LogP contribution in [0.1, 0.15) is 206 Å². The summed E-state index contributed by atoms with van der Waals surface area (Å²) in [5, 5.41) is 40.1. The number of carbonyl (C=O) groups is 1. The monoisotopic (exact) mass is 771 g/mol. The van der Waals surface area contributed by atoms with Crippen molar-refractivity contribution in [2.45, 2.75) is 243 Å². The van der Waals surface area contributed by atoms with Crippen LogP contribution in [0.5, 0.6) is 0 Å². The summed E-state index contributed by atoms with van der Waals surface area (Å²) in [4.78, 5) is 12.8. The second-order valence-electron chi connectivity index (χ2n) is 15.9. The molecule has 0 amide bonds. The maximum absolute atomic E-state index is 12.8. The van der Waals surface area contributed by atoms with E-state index in [1.54, 1.807) is 0 Å². The SMILES string of the molecule is CCCCCCC/C=C\CCCCCCCC(=O)OC(COCCCCCCCCCCCCCCCCCCC)COC1OC(CO)C(O)C(O)C1O. The summed E-state index contributed by atoms with van der Waals surface area (Å²) in [6.45, 7) is 4.57. The zero-order valence-corrected chi connectivity index (χ0v) is 35.0. The molecule has 0 saturated carbocycles. The van der Waals surface area contributed by atoms with Crippen molar-refractivity contribution in [2.75, 3.05) is 26.4 Å². The summed E-state index contributed by atoms with van der Waals surface area (Å²) in [5.74, 6) is -0.319. The molecule has 0 bridgehead atoms. The van der Waals surface area contributed by atoms with Crippen LogP contribution in [0, 0.1) is 0 Å². The molecule has 0 aromatic heterocycles. The Morgan fingerprint density at radius 3 is 1.50 bits per heavy atom. The average molecular weight is 771 g/mol. The highest BCUT2D eigenvalue weighted by atomic mass is 16.7. The predicted octanol–water partition coefficient (Wildman–Crippen LogP) is 10.0. The van der Waals surface area contributed by atoms with Crippen molar-refractivity contribution < 1.29 is 44.2 Å². The highest BCUT2D eigenvalue weighted by molar-refractivity contribution is 5.69. The average Bonchev–Trinajstić information content (AvgIpc) is 3.17. The van der Waals surface area contributed by atoms with E-state index in [4.69, 9.17) is 18.9 Å². The molecule has 0 aliphatic carbocycles. The Balaban J connectivity index is 2.25. The summed E-state index contributed by atoms with van der Waals surface area (Å²) in [7, 11) is 0. The molecule has 6 atom stereocenters. The van der Waals surface area contributed by atoms with Gasteiger partial charge in [-0.2, -0.15) is 0 Å². The number of esters is 1. The molecule has 1 saturated heterocycles. The summed E-state index contributed by atoms with van der Waals surface area (Å²) in [6.07, 6.45) is 33.8. The molecule has 1 fully saturated rings. The van der Waals surface area contributed by atoms with Gasteiger partial charge in [0.15, 0.2) is 6.29 Å². The van der Waals surface area contributed by atoms with Crippen LogP contribution < -0.4 is 0 Å². The van der Waals surface area contributed by atoms with Gasteiger partial charge in [0.2, 0.25) is 0 Å². The molecule has 1 rings (SSSR count). The summed E-state index contributed by atoms with van der Waals surface area (Å²) in [5.41, 5.74) is 0. The number of allylic oxidation sites excluding steroid dienone is 2. The number of hydrogen-bond donors (Lipinski definition) is 4. The molecule has 4 N–H and O–H groups in total. The van der Waals surface area contributed by atoms with E-state index in [0.717, 1.165) is 44.9 Å². The molecule has 1 aliphatic rings. The largest absolute Gasteiger partial charge is 0.457 e. The van der Waals surface area contributed by atoms with Crippen molar-refractivity contribution >= 4 is 5.97 Å². The lowest BCUT2D eigenvalue weighted by Gasteiger charge is -2.39. The first-order chi connectivity index (χ1) is 26.4. The van der Waals surface area contributed by atoms with Gasteiger partial charge in [-0.25, -0.2) is 0 Å². The molecule has 1 heterocycles. The lowest BCUT2D eigenvalue weighted by Crippen LogP contribution is -2.59. The first-order valence-electron chi connectivity index (χ1n) is 22.8. The van der Waals surface area contributed by atoms with E-state index in [2.05, 4.69) is 26.0 Å². The van der Waals surface area contributed by atoms with E-state index >= 15 is 0 Å². The third kappa shape index (κ3) is 28.3. The normalized spacial score (nSPS) is 20.9. The Morgan fingerprint density at radius 2 is 1.02 bits per heavy atom. The van der Waals surface area contributed by atoms with Crippen molar-refractivity contribution in [2.24, 2.45) is 0 Å². The van der Waals surface area contributed by atoms with Crippen molar-refractivity contribution in [1.29, 1.82) is 0 Å². The summed E-state index contributed by atoms with van der Waals surface area (Å²) >= 11 is 0. The van der Waals surface area contributed by atoms with Gasteiger partial charge in [-0.05, 0) is 38.5 Å². The van der Waals surface area contributed by atoms with Gasteiger partial charge >= 0.3 is 5.97 Å². The highest BCUT2D eigenvalue weighted by Crippen LogP contribution is 2.23. The fraction of sp³-hybridized carbons (Fsp3) is 0.933. The molecule has 9 heteroatoms. The highest BCUT2D eigenvalue weighted by Gasteiger charge is 2.44.